The van der Waals surface area contributed by atoms with Gasteiger partial charge in [0.05, 0.1) is 18.2 Å². The van der Waals surface area contributed by atoms with Crippen molar-refractivity contribution in [2.24, 2.45) is 0 Å². The third kappa shape index (κ3) is 6.11. The Morgan fingerprint density at radius 2 is 1.34 bits per heavy atom. The maximum atomic E-state index is 13.4. The van der Waals surface area contributed by atoms with Crippen molar-refractivity contribution in [1.29, 1.82) is 0 Å². The Hall–Kier alpha value is -3.15. The molecular formula is C30H36N2O3. The van der Waals surface area contributed by atoms with Crippen LogP contribution in [0.3, 0.4) is 0 Å². The number of nitrogens with zero attached hydrogens (tertiary/aromatic N) is 2. The van der Waals surface area contributed by atoms with E-state index in [0.717, 1.165) is 18.7 Å². The zero-order valence-electron chi connectivity index (χ0n) is 21.2. The van der Waals surface area contributed by atoms with Crippen molar-refractivity contribution in [3.63, 3.8) is 0 Å². The van der Waals surface area contributed by atoms with E-state index in [-0.39, 0.29) is 18.7 Å². The highest BCUT2D eigenvalue weighted by atomic mass is 16.6. The van der Waals surface area contributed by atoms with Crippen LogP contribution in [0.1, 0.15) is 50.4 Å². The van der Waals surface area contributed by atoms with Crippen LogP contribution in [-0.2, 0) is 22.6 Å². The fraction of sp³-hybridized carbons (Fsp3) is 0.367. The molecule has 0 N–H and O–H groups in total. The van der Waals surface area contributed by atoms with Crippen molar-refractivity contribution in [1.82, 2.24) is 9.80 Å². The fourth-order valence-corrected chi connectivity index (χ4v) is 4.89. The van der Waals surface area contributed by atoms with E-state index in [1.165, 1.54) is 11.1 Å². The summed E-state index contributed by atoms with van der Waals surface area (Å²) in [7, 11) is 0. The molecule has 0 aromatic heterocycles. The minimum absolute atomic E-state index is 0.115. The van der Waals surface area contributed by atoms with Gasteiger partial charge in [0.25, 0.3) is 0 Å². The fourth-order valence-electron chi connectivity index (χ4n) is 4.89. The van der Waals surface area contributed by atoms with Crippen LogP contribution in [0.15, 0.2) is 91.0 Å². The quantitative estimate of drug-likeness (QED) is 0.380. The van der Waals surface area contributed by atoms with Gasteiger partial charge in [-0.1, -0.05) is 91.0 Å². The first-order valence-electron chi connectivity index (χ1n) is 12.2. The van der Waals surface area contributed by atoms with E-state index in [9.17, 15) is 4.79 Å². The number of benzene rings is 3. The lowest BCUT2D eigenvalue weighted by Gasteiger charge is -2.38. The molecule has 1 saturated heterocycles. The average Bonchev–Trinajstić information content (AvgIpc) is 3.08. The van der Waals surface area contributed by atoms with E-state index in [0.29, 0.717) is 6.61 Å². The van der Waals surface area contributed by atoms with E-state index in [1.807, 2.05) is 58.0 Å². The van der Waals surface area contributed by atoms with Gasteiger partial charge < -0.3 is 9.47 Å². The molecule has 3 aromatic carbocycles. The monoisotopic (exact) mass is 472 g/mol. The Labute approximate surface area is 209 Å². The highest BCUT2D eigenvalue weighted by Gasteiger charge is 2.49. The number of rotatable bonds is 8. The minimum atomic E-state index is -0.712. The number of carbonyl (C=O) groups excluding carboxylic acids is 1. The van der Waals surface area contributed by atoms with E-state index < -0.39 is 11.3 Å². The Morgan fingerprint density at radius 3 is 1.80 bits per heavy atom. The summed E-state index contributed by atoms with van der Waals surface area (Å²) in [6, 6.07) is 31.0. The van der Waals surface area contributed by atoms with Crippen LogP contribution < -0.4 is 0 Å². The number of carbonyl (C=O) groups is 1. The first kappa shape index (κ1) is 25.0. The van der Waals surface area contributed by atoms with Gasteiger partial charge in [0.1, 0.15) is 12.3 Å². The lowest BCUT2D eigenvalue weighted by molar-refractivity contribution is -0.0553. The summed E-state index contributed by atoms with van der Waals surface area (Å²) >= 11 is 0. The van der Waals surface area contributed by atoms with E-state index >= 15 is 0 Å². The van der Waals surface area contributed by atoms with Crippen molar-refractivity contribution in [2.75, 3.05) is 13.2 Å². The number of ether oxygens (including phenoxy) is 2. The van der Waals surface area contributed by atoms with Crippen LogP contribution in [0, 0.1) is 0 Å². The lowest BCUT2D eigenvalue weighted by Crippen LogP contribution is -2.53. The summed E-state index contributed by atoms with van der Waals surface area (Å²) in [5.74, 6) is 0. The first-order valence-corrected chi connectivity index (χ1v) is 12.2. The summed E-state index contributed by atoms with van der Waals surface area (Å²) in [6.07, 6.45) is -0.349. The van der Waals surface area contributed by atoms with Crippen molar-refractivity contribution in [3.05, 3.63) is 108 Å². The van der Waals surface area contributed by atoms with Gasteiger partial charge in [-0.25, -0.2) is 4.79 Å². The molecule has 5 heteroatoms. The van der Waals surface area contributed by atoms with Gasteiger partial charge in [0.15, 0.2) is 0 Å². The molecule has 1 fully saturated rings. The molecule has 0 bridgehead atoms. The molecule has 3 aromatic rings. The van der Waals surface area contributed by atoms with Gasteiger partial charge in [-0.2, -0.15) is 0 Å². The van der Waals surface area contributed by atoms with Crippen molar-refractivity contribution in [2.45, 2.75) is 58.1 Å². The van der Waals surface area contributed by atoms with Gasteiger partial charge in [-0.05, 0) is 44.4 Å². The molecule has 0 saturated carbocycles. The molecule has 1 aliphatic heterocycles. The standard InChI is InChI=1S/C30H36N2O3/c1-29(2)23-35-30(3,4)32(29)28(33)34-22-27(26-18-12-7-13-19-26)31(20-24-14-8-5-9-15-24)21-25-16-10-6-11-17-25/h5-19,27H,20-23H2,1-4H3/t27-/m0/s1. The van der Waals surface area contributed by atoms with Crippen LogP contribution in [-0.4, -0.2) is 40.4 Å². The Morgan fingerprint density at radius 1 is 0.857 bits per heavy atom. The maximum absolute atomic E-state index is 13.4. The molecule has 0 radical (unpaired) electrons. The van der Waals surface area contributed by atoms with Gasteiger partial charge in [0, 0.05) is 13.1 Å². The zero-order chi connectivity index (χ0) is 24.9. The predicted octanol–water partition coefficient (Wildman–Crippen LogP) is 6.41. The van der Waals surface area contributed by atoms with Crippen LogP contribution in [0.5, 0.6) is 0 Å². The molecule has 1 heterocycles. The summed E-state index contributed by atoms with van der Waals surface area (Å²) in [6.45, 7) is 10.0. The van der Waals surface area contributed by atoms with Crippen LogP contribution in [0.25, 0.3) is 0 Å². The molecule has 0 aliphatic carbocycles. The van der Waals surface area contributed by atoms with Crippen LogP contribution in [0.4, 0.5) is 4.79 Å². The molecule has 4 rings (SSSR count). The highest BCUT2D eigenvalue weighted by Crippen LogP contribution is 2.35. The second-order valence-corrected chi connectivity index (χ2v) is 10.3. The molecule has 0 spiro atoms. The number of hydrogen-bond acceptors (Lipinski definition) is 4. The zero-order valence-corrected chi connectivity index (χ0v) is 21.2. The first-order chi connectivity index (χ1) is 16.8. The van der Waals surface area contributed by atoms with E-state index in [4.69, 9.17) is 9.47 Å². The van der Waals surface area contributed by atoms with Crippen molar-refractivity contribution < 1.29 is 14.3 Å². The smallest absolute Gasteiger partial charge is 0.412 e. The largest absolute Gasteiger partial charge is 0.447 e. The number of hydrogen-bond donors (Lipinski definition) is 0. The van der Waals surface area contributed by atoms with Crippen molar-refractivity contribution in [3.8, 4) is 0 Å². The molecule has 1 atom stereocenters. The molecule has 5 nitrogen and oxygen atoms in total. The molecule has 35 heavy (non-hydrogen) atoms. The van der Waals surface area contributed by atoms with Crippen LogP contribution in [0.2, 0.25) is 0 Å². The second kappa shape index (κ2) is 10.6. The van der Waals surface area contributed by atoms with Crippen molar-refractivity contribution >= 4 is 6.09 Å². The Bertz CT molecular complexity index is 1030. The summed E-state index contributed by atoms with van der Waals surface area (Å²) in [5, 5.41) is 0. The molecule has 1 amide bonds. The van der Waals surface area contributed by atoms with Crippen LogP contribution >= 0.6 is 0 Å². The SMILES string of the molecule is CC1(C)COC(C)(C)N1C(=O)OC[C@@H](c1ccccc1)N(Cc1ccccc1)Cc1ccccc1. The van der Waals surface area contributed by atoms with Gasteiger partial charge in [0.2, 0.25) is 0 Å². The second-order valence-electron chi connectivity index (χ2n) is 10.3. The summed E-state index contributed by atoms with van der Waals surface area (Å²) in [5.41, 5.74) is 2.40. The summed E-state index contributed by atoms with van der Waals surface area (Å²) in [4.78, 5) is 17.5. The van der Waals surface area contributed by atoms with Gasteiger partial charge in [-0.3, -0.25) is 9.80 Å². The predicted molar refractivity (Wildman–Crippen MR) is 139 cm³/mol. The molecule has 184 valence electrons. The topological polar surface area (TPSA) is 42.0 Å². The molecule has 0 unspecified atom stereocenters. The average molecular weight is 473 g/mol. The van der Waals surface area contributed by atoms with E-state index in [1.54, 1.807) is 4.90 Å². The van der Waals surface area contributed by atoms with Gasteiger partial charge in [-0.15, -0.1) is 0 Å². The lowest BCUT2D eigenvalue weighted by atomic mass is 10.0. The Balaban J connectivity index is 1.62. The number of amides is 1. The molecule has 1 aliphatic rings. The maximum Gasteiger partial charge on any atom is 0.412 e. The molecular weight excluding hydrogens is 436 g/mol. The van der Waals surface area contributed by atoms with Gasteiger partial charge >= 0.3 is 6.09 Å². The minimum Gasteiger partial charge on any atom is -0.447 e. The normalized spacial score (nSPS) is 17.3. The van der Waals surface area contributed by atoms with E-state index in [2.05, 4.69) is 65.6 Å². The third-order valence-electron chi connectivity index (χ3n) is 6.55. The third-order valence-corrected chi connectivity index (χ3v) is 6.55. The highest BCUT2D eigenvalue weighted by molar-refractivity contribution is 5.70. The Kier molecular flexibility index (Phi) is 7.58. The summed E-state index contributed by atoms with van der Waals surface area (Å²) < 4.78 is 11.9.